The minimum Gasteiger partial charge on any atom is -0.496 e. The van der Waals surface area contributed by atoms with Gasteiger partial charge in [0.25, 0.3) is 5.56 Å². The van der Waals surface area contributed by atoms with E-state index in [1.165, 1.54) is 22.2 Å². The summed E-state index contributed by atoms with van der Waals surface area (Å²) in [6.07, 6.45) is 1.20. The summed E-state index contributed by atoms with van der Waals surface area (Å²) < 4.78 is 20.9. The van der Waals surface area contributed by atoms with Crippen LogP contribution in [0.15, 0.2) is 44.0 Å². The molecule has 1 fully saturated rings. The quantitative estimate of drug-likeness (QED) is 0.360. The molecule has 10 nitrogen and oxygen atoms in total. The lowest BCUT2D eigenvalue weighted by Crippen LogP contribution is -2.42. The zero-order valence-electron chi connectivity index (χ0n) is 18.5. The number of nitrogens with one attached hydrogen (secondary N) is 1. The average molecular weight is 548 g/mol. The summed E-state index contributed by atoms with van der Waals surface area (Å²) in [5, 5.41) is 7.02. The molecule has 5 rings (SSSR count). The molecule has 0 aliphatic carbocycles. The lowest BCUT2D eigenvalue weighted by Gasteiger charge is -2.32. The first-order chi connectivity index (χ1) is 16.5. The van der Waals surface area contributed by atoms with Crippen molar-refractivity contribution in [3.05, 3.63) is 72.2 Å². The molecule has 1 unspecified atom stereocenters. The number of H-pyrrole nitrogens is 1. The summed E-state index contributed by atoms with van der Waals surface area (Å²) in [6, 6.07) is 7.53. The van der Waals surface area contributed by atoms with Crippen molar-refractivity contribution in [2.75, 3.05) is 13.7 Å². The predicted molar refractivity (Wildman–Crippen MR) is 129 cm³/mol. The van der Waals surface area contributed by atoms with E-state index in [-0.39, 0.29) is 24.9 Å². The van der Waals surface area contributed by atoms with Gasteiger partial charge in [-0.25, -0.2) is 9.78 Å². The van der Waals surface area contributed by atoms with E-state index in [1.807, 2.05) is 31.2 Å². The number of ether oxygens (including phenoxy) is 3. The summed E-state index contributed by atoms with van der Waals surface area (Å²) in [5.41, 5.74) is 0.743. The summed E-state index contributed by atoms with van der Waals surface area (Å²) in [7, 11) is 1.59. The fourth-order valence-electron chi connectivity index (χ4n) is 3.94. The average Bonchev–Trinajstić information content (AvgIpc) is 3.43. The zero-order valence-corrected chi connectivity index (χ0v) is 20.9. The van der Waals surface area contributed by atoms with Crippen LogP contribution in [0, 0.1) is 6.92 Å². The number of thiophene rings is 1. The molecule has 1 aliphatic heterocycles. The van der Waals surface area contributed by atoms with E-state index < -0.39 is 11.8 Å². The van der Waals surface area contributed by atoms with Crippen molar-refractivity contribution in [2.45, 2.75) is 38.8 Å². The fraction of sp³-hybridized carbons (Fsp3) is 0.364. The van der Waals surface area contributed by atoms with Crippen LogP contribution in [0.2, 0.25) is 0 Å². The van der Waals surface area contributed by atoms with Crippen molar-refractivity contribution in [3.8, 4) is 5.75 Å². The molecule has 0 radical (unpaired) electrons. The molecule has 0 bridgehead atoms. The Kier molecular flexibility index (Phi) is 6.38. The van der Waals surface area contributed by atoms with Gasteiger partial charge in [0.15, 0.2) is 6.29 Å². The molecule has 3 aromatic heterocycles. The van der Waals surface area contributed by atoms with Crippen LogP contribution in [0.1, 0.15) is 29.5 Å². The predicted octanol–water partition coefficient (Wildman–Crippen LogP) is 2.97. The lowest BCUT2D eigenvalue weighted by molar-refractivity contribution is -0.239. The van der Waals surface area contributed by atoms with Crippen LogP contribution >= 0.6 is 27.3 Å². The highest BCUT2D eigenvalue weighted by Crippen LogP contribution is 2.35. The maximum Gasteiger partial charge on any atom is 0.332 e. The Morgan fingerprint density at radius 3 is 2.79 bits per heavy atom. The SMILES string of the molecule is COc1ccccc1[C@H](Cn1c(=O)n(Cc2ncn[nH]2)c(=O)c2c(C)c(Br)sc21)OC1CCO1. The van der Waals surface area contributed by atoms with Gasteiger partial charge in [-0.2, -0.15) is 5.10 Å². The standard InChI is InChI=1S/C22H22BrN5O5S/c1-12-18-20(29)27(10-16-24-11-25-26-16)22(30)28(21(18)34-19(12)23)9-15(33-17-7-8-32-17)13-5-3-4-6-14(13)31-2/h3-6,11,15,17H,7-10H2,1-2H3,(H,24,25,26)/t15-,17?/m0/s1. The van der Waals surface area contributed by atoms with Gasteiger partial charge >= 0.3 is 5.69 Å². The Labute approximate surface area is 206 Å². The summed E-state index contributed by atoms with van der Waals surface area (Å²) >= 11 is 4.89. The molecule has 4 aromatic rings. The molecular weight excluding hydrogens is 526 g/mol. The van der Waals surface area contributed by atoms with Crippen LogP contribution in [0.25, 0.3) is 10.2 Å². The number of halogens is 1. The zero-order chi connectivity index (χ0) is 23.8. The summed E-state index contributed by atoms with van der Waals surface area (Å²) in [5.74, 6) is 1.06. The van der Waals surface area contributed by atoms with Gasteiger partial charge < -0.3 is 14.2 Å². The molecule has 1 aromatic carbocycles. The van der Waals surface area contributed by atoms with Gasteiger partial charge in [0.2, 0.25) is 0 Å². The highest BCUT2D eigenvalue weighted by Gasteiger charge is 2.29. The largest absolute Gasteiger partial charge is 0.496 e. The second kappa shape index (κ2) is 9.45. The fourth-order valence-corrected chi connectivity index (χ4v) is 5.63. The third-order valence-corrected chi connectivity index (χ3v) is 8.00. The van der Waals surface area contributed by atoms with E-state index in [2.05, 4.69) is 31.1 Å². The van der Waals surface area contributed by atoms with Crippen LogP contribution in [0.3, 0.4) is 0 Å². The minimum absolute atomic E-state index is 0.0214. The van der Waals surface area contributed by atoms with Crippen molar-refractivity contribution in [2.24, 2.45) is 0 Å². The first kappa shape index (κ1) is 23.0. The molecule has 1 saturated heterocycles. The molecule has 4 heterocycles. The Hall–Kier alpha value is -2.80. The van der Waals surface area contributed by atoms with Crippen molar-refractivity contribution in [3.63, 3.8) is 0 Å². The third-order valence-electron chi connectivity index (χ3n) is 5.82. The Morgan fingerprint density at radius 1 is 1.32 bits per heavy atom. The Balaban J connectivity index is 1.67. The van der Waals surface area contributed by atoms with E-state index in [0.29, 0.717) is 28.4 Å². The van der Waals surface area contributed by atoms with Crippen LogP contribution < -0.4 is 16.0 Å². The first-order valence-electron chi connectivity index (χ1n) is 10.6. The van der Waals surface area contributed by atoms with Gasteiger partial charge in [-0.15, -0.1) is 11.3 Å². The number of aryl methyl sites for hydroxylation is 1. The van der Waals surface area contributed by atoms with Gasteiger partial charge in [-0.3, -0.25) is 19.0 Å². The maximum atomic E-state index is 13.7. The van der Waals surface area contributed by atoms with E-state index in [0.717, 1.165) is 21.3 Å². The van der Waals surface area contributed by atoms with E-state index in [9.17, 15) is 9.59 Å². The topological polar surface area (TPSA) is 113 Å². The Bertz CT molecular complexity index is 1440. The van der Waals surface area contributed by atoms with Crippen LogP contribution in [0.5, 0.6) is 5.75 Å². The van der Waals surface area contributed by atoms with Gasteiger partial charge in [-0.1, -0.05) is 18.2 Å². The number of benzene rings is 1. The number of hydrogen-bond acceptors (Lipinski definition) is 8. The monoisotopic (exact) mass is 547 g/mol. The first-order valence-corrected chi connectivity index (χ1v) is 12.2. The molecule has 2 atom stereocenters. The number of hydrogen-bond donors (Lipinski definition) is 1. The maximum absolute atomic E-state index is 13.7. The number of rotatable bonds is 8. The van der Waals surface area contributed by atoms with Crippen molar-refractivity contribution in [1.82, 2.24) is 24.3 Å². The van der Waals surface area contributed by atoms with Crippen molar-refractivity contribution >= 4 is 37.5 Å². The Morgan fingerprint density at radius 2 is 2.12 bits per heavy atom. The molecule has 1 N–H and O–H groups in total. The van der Waals surface area contributed by atoms with Gasteiger partial charge in [0.05, 0.1) is 36.0 Å². The normalized spacial score (nSPS) is 16.5. The van der Waals surface area contributed by atoms with Crippen LogP contribution in [0.4, 0.5) is 0 Å². The highest BCUT2D eigenvalue weighted by atomic mass is 79.9. The second-order valence-electron chi connectivity index (χ2n) is 7.85. The van der Waals surface area contributed by atoms with Gasteiger partial charge in [-0.05, 0) is 34.5 Å². The number of para-hydroxylation sites is 1. The summed E-state index contributed by atoms with van der Waals surface area (Å²) in [6.45, 7) is 2.63. The molecule has 178 valence electrons. The van der Waals surface area contributed by atoms with Crippen LogP contribution in [-0.4, -0.2) is 44.3 Å². The molecular formula is C22H22BrN5O5S. The molecule has 0 spiro atoms. The van der Waals surface area contributed by atoms with Gasteiger partial charge in [0.1, 0.15) is 28.8 Å². The molecule has 0 amide bonds. The van der Waals surface area contributed by atoms with E-state index >= 15 is 0 Å². The second-order valence-corrected chi connectivity index (χ2v) is 10.2. The molecule has 12 heteroatoms. The third kappa shape index (κ3) is 4.11. The number of aromatic nitrogens is 5. The van der Waals surface area contributed by atoms with Gasteiger partial charge in [0, 0.05) is 12.0 Å². The molecule has 0 saturated carbocycles. The highest BCUT2D eigenvalue weighted by molar-refractivity contribution is 9.11. The van der Waals surface area contributed by atoms with E-state index in [1.54, 1.807) is 11.7 Å². The van der Waals surface area contributed by atoms with Crippen molar-refractivity contribution in [1.29, 1.82) is 0 Å². The number of aromatic amines is 1. The minimum atomic E-state index is -0.542. The number of nitrogens with zero attached hydrogens (tertiary/aromatic N) is 4. The number of methoxy groups -OCH3 is 1. The summed E-state index contributed by atoms with van der Waals surface area (Å²) in [4.78, 5) is 31.7. The smallest absolute Gasteiger partial charge is 0.332 e. The molecule has 34 heavy (non-hydrogen) atoms. The molecule has 1 aliphatic rings. The van der Waals surface area contributed by atoms with Crippen LogP contribution in [-0.2, 0) is 22.6 Å². The number of fused-ring (bicyclic) bond motifs is 1. The van der Waals surface area contributed by atoms with Crippen molar-refractivity contribution < 1.29 is 14.2 Å². The lowest BCUT2D eigenvalue weighted by atomic mass is 10.1. The van der Waals surface area contributed by atoms with E-state index in [4.69, 9.17) is 14.2 Å².